The van der Waals surface area contributed by atoms with Gasteiger partial charge in [-0.1, -0.05) is 35.3 Å². The van der Waals surface area contributed by atoms with Crippen molar-refractivity contribution in [2.75, 3.05) is 6.54 Å². The number of nitrogens with two attached hydrogens (primary N) is 1. The number of hydrogen-bond donors (Lipinski definition) is 1. The Morgan fingerprint density at radius 3 is 2.81 bits per heavy atom. The number of rotatable bonds is 4. The van der Waals surface area contributed by atoms with Crippen LogP contribution < -0.4 is 5.73 Å². The fourth-order valence-corrected chi connectivity index (χ4v) is 4.46. The lowest BCUT2D eigenvalue weighted by atomic mass is 9.73. The van der Waals surface area contributed by atoms with E-state index in [1.165, 1.54) is 24.2 Å². The maximum atomic E-state index is 5.94. The highest BCUT2D eigenvalue weighted by atomic mass is 79.9. The van der Waals surface area contributed by atoms with E-state index in [1.807, 2.05) is 11.8 Å². The third-order valence-corrected chi connectivity index (χ3v) is 5.32. The van der Waals surface area contributed by atoms with Crippen molar-refractivity contribution in [2.24, 2.45) is 11.7 Å². The van der Waals surface area contributed by atoms with Gasteiger partial charge in [-0.2, -0.15) is 0 Å². The van der Waals surface area contributed by atoms with Gasteiger partial charge in [-0.15, -0.1) is 11.8 Å². The van der Waals surface area contributed by atoms with E-state index >= 15 is 0 Å². The highest BCUT2D eigenvalue weighted by Gasteiger charge is 2.42. The molecule has 1 aromatic rings. The molecule has 2 rings (SSSR count). The summed E-state index contributed by atoms with van der Waals surface area (Å²) in [6.45, 7) is 3.07. The number of benzene rings is 1. The molecule has 0 spiro atoms. The molecule has 1 aromatic carbocycles. The van der Waals surface area contributed by atoms with E-state index in [4.69, 9.17) is 5.73 Å². The number of halogens is 1. The van der Waals surface area contributed by atoms with Gasteiger partial charge in [0.15, 0.2) is 0 Å². The molecule has 1 nitrogen and oxygen atoms in total. The van der Waals surface area contributed by atoms with Crippen molar-refractivity contribution in [3.63, 3.8) is 0 Å². The summed E-state index contributed by atoms with van der Waals surface area (Å²) < 4.78 is 1.46. The van der Waals surface area contributed by atoms with Crippen LogP contribution in [0.1, 0.15) is 26.2 Å². The minimum absolute atomic E-state index is 0.307. The van der Waals surface area contributed by atoms with Gasteiger partial charge >= 0.3 is 0 Å². The van der Waals surface area contributed by atoms with E-state index in [1.54, 1.807) is 0 Å². The zero-order chi connectivity index (χ0) is 11.6. The first-order valence-electron chi connectivity index (χ1n) is 5.82. The Kier molecular flexibility index (Phi) is 3.98. The molecule has 1 saturated carbocycles. The first-order chi connectivity index (χ1) is 7.67. The Labute approximate surface area is 110 Å². The molecule has 1 fully saturated rings. The van der Waals surface area contributed by atoms with Crippen LogP contribution in [-0.4, -0.2) is 11.3 Å². The van der Waals surface area contributed by atoms with Crippen molar-refractivity contribution in [3.8, 4) is 0 Å². The van der Waals surface area contributed by atoms with E-state index in [0.29, 0.717) is 4.75 Å². The Morgan fingerprint density at radius 1 is 1.50 bits per heavy atom. The number of hydrogen-bond acceptors (Lipinski definition) is 2. The van der Waals surface area contributed by atoms with Gasteiger partial charge in [0.05, 0.1) is 0 Å². The SMILES string of the molecule is CCC1CC(CN)(Sc2cccc(Br)c2)C1. The average molecular weight is 300 g/mol. The molecule has 88 valence electrons. The van der Waals surface area contributed by atoms with E-state index in [2.05, 4.69) is 47.1 Å². The van der Waals surface area contributed by atoms with Crippen LogP contribution in [0.15, 0.2) is 33.6 Å². The summed E-state index contributed by atoms with van der Waals surface area (Å²) in [6.07, 6.45) is 3.84. The fraction of sp³-hybridized carbons (Fsp3) is 0.538. The minimum atomic E-state index is 0.307. The Morgan fingerprint density at radius 2 is 2.25 bits per heavy atom. The smallest absolute Gasteiger partial charge is 0.0334 e. The zero-order valence-corrected chi connectivity index (χ0v) is 12.0. The third kappa shape index (κ3) is 2.63. The van der Waals surface area contributed by atoms with Gasteiger partial charge in [-0.3, -0.25) is 0 Å². The van der Waals surface area contributed by atoms with Crippen LogP contribution >= 0.6 is 27.7 Å². The van der Waals surface area contributed by atoms with Crippen LogP contribution in [0, 0.1) is 5.92 Å². The Hall–Kier alpha value is 0.01000. The summed E-state index contributed by atoms with van der Waals surface area (Å²) in [7, 11) is 0. The summed E-state index contributed by atoms with van der Waals surface area (Å²) in [5, 5.41) is 0. The van der Waals surface area contributed by atoms with Gasteiger partial charge in [0.2, 0.25) is 0 Å². The second-order valence-electron chi connectivity index (χ2n) is 4.63. The lowest BCUT2D eigenvalue weighted by Crippen LogP contribution is -2.46. The van der Waals surface area contributed by atoms with Gasteiger partial charge in [-0.25, -0.2) is 0 Å². The Bertz CT molecular complexity index is 361. The van der Waals surface area contributed by atoms with Gasteiger partial charge < -0.3 is 5.73 Å². The van der Waals surface area contributed by atoms with Crippen molar-refractivity contribution < 1.29 is 0 Å². The summed E-state index contributed by atoms with van der Waals surface area (Å²) in [4.78, 5) is 1.33. The van der Waals surface area contributed by atoms with Crippen LogP contribution in [0.3, 0.4) is 0 Å². The molecule has 16 heavy (non-hydrogen) atoms. The van der Waals surface area contributed by atoms with Gasteiger partial charge in [0.25, 0.3) is 0 Å². The van der Waals surface area contributed by atoms with E-state index in [-0.39, 0.29) is 0 Å². The molecule has 0 saturated heterocycles. The fourth-order valence-electron chi connectivity index (χ4n) is 2.35. The summed E-state index contributed by atoms with van der Waals surface area (Å²) >= 11 is 5.47. The van der Waals surface area contributed by atoms with Crippen LogP contribution in [0.25, 0.3) is 0 Å². The van der Waals surface area contributed by atoms with Crippen LogP contribution in [0.5, 0.6) is 0 Å². The first kappa shape index (κ1) is 12.5. The Balaban J connectivity index is 2.03. The summed E-state index contributed by atoms with van der Waals surface area (Å²) in [5.41, 5.74) is 5.94. The molecule has 0 aliphatic heterocycles. The molecule has 0 atom stereocenters. The molecule has 0 unspecified atom stereocenters. The van der Waals surface area contributed by atoms with Crippen LogP contribution in [0.4, 0.5) is 0 Å². The largest absolute Gasteiger partial charge is 0.329 e. The highest BCUT2D eigenvalue weighted by molar-refractivity contribution is 9.10. The van der Waals surface area contributed by atoms with E-state index < -0.39 is 0 Å². The summed E-state index contributed by atoms with van der Waals surface area (Å²) in [5.74, 6) is 0.892. The minimum Gasteiger partial charge on any atom is -0.329 e. The molecule has 0 radical (unpaired) electrons. The highest BCUT2D eigenvalue weighted by Crippen LogP contribution is 2.51. The molecule has 2 N–H and O–H groups in total. The molecule has 0 bridgehead atoms. The predicted octanol–water partition coefficient (Wildman–Crippen LogP) is 4.06. The van der Waals surface area contributed by atoms with Crippen molar-refractivity contribution in [3.05, 3.63) is 28.7 Å². The van der Waals surface area contributed by atoms with Crippen LogP contribution in [0.2, 0.25) is 0 Å². The molecule has 3 heteroatoms. The monoisotopic (exact) mass is 299 g/mol. The van der Waals surface area contributed by atoms with Gasteiger partial charge in [0.1, 0.15) is 0 Å². The average Bonchev–Trinajstić information content (AvgIpc) is 2.23. The molecular weight excluding hydrogens is 282 g/mol. The van der Waals surface area contributed by atoms with Gasteiger partial charge in [-0.05, 0) is 37.0 Å². The second kappa shape index (κ2) is 5.11. The predicted molar refractivity (Wildman–Crippen MR) is 74.8 cm³/mol. The lowest BCUT2D eigenvalue weighted by molar-refractivity contribution is 0.229. The number of thioether (sulfide) groups is 1. The first-order valence-corrected chi connectivity index (χ1v) is 7.43. The van der Waals surface area contributed by atoms with Gasteiger partial charge in [0, 0.05) is 20.7 Å². The lowest BCUT2D eigenvalue weighted by Gasteiger charge is -2.46. The molecule has 1 aliphatic rings. The van der Waals surface area contributed by atoms with Crippen LogP contribution in [-0.2, 0) is 0 Å². The van der Waals surface area contributed by atoms with Crippen molar-refractivity contribution >= 4 is 27.7 Å². The zero-order valence-electron chi connectivity index (χ0n) is 9.58. The summed E-state index contributed by atoms with van der Waals surface area (Å²) in [6, 6.07) is 8.51. The maximum Gasteiger partial charge on any atom is 0.0334 e. The second-order valence-corrected chi connectivity index (χ2v) is 7.09. The molecule has 0 amide bonds. The quantitative estimate of drug-likeness (QED) is 0.907. The molecule has 0 aromatic heterocycles. The van der Waals surface area contributed by atoms with Crippen molar-refractivity contribution in [1.82, 2.24) is 0 Å². The molecule has 1 aliphatic carbocycles. The van der Waals surface area contributed by atoms with Crippen molar-refractivity contribution in [2.45, 2.75) is 35.8 Å². The third-order valence-electron chi connectivity index (χ3n) is 3.40. The topological polar surface area (TPSA) is 26.0 Å². The van der Waals surface area contributed by atoms with E-state index in [9.17, 15) is 0 Å². The maximum absolute atomic E-state index is 5.94. The van der Waals surface area contributed by atoms with E-state index in [0.717, 1.165) is 16.9 Å². The van der Waals surface area contributed by atoms with Crippen molar-refractivity contribution in [1.29, 1.82) is 0 Å². The normalized spacial score (nSPS) is 28.8. The molecular formula is C13H18BrNS. The standard InChI is InChI=1S/C13H18BrNS/c1-2-10-7-13(8-10,9-15)16-12-5-3-4-11(14)6-12/h3-6,10H,2,7-9,15H2,1H3. The molecule has 0 heterocycles.